The predicted octanol–water partition coefficient (Wildman–Crippen LogP) is 3.30. The molecule has 1 N–H and O–H groups in total. The highest BCUT2D eigenvalue weighted by molar-refractivity contribution is 5.29. The predicted molar refractivity (Wildman–Crippen MR) is 98.8 cm³/mol. The van der Waals surface area contributed by atoms with Gasteiger partial charge in [0.15, 0.2) is 0 Å². The zero-order valence-electron chi connectivity index (χ0n) is 15.7. The summed E-state index contributed by atoms with van der Waals surface area (Å²) < 4.78 is 13.6. The highest BCUT2D eigenvalue weighted by atomic mass is 16.5. The quantitative estimate of drug-likeness (QED) is 0.838. The van der Waals surface area contributed by atoms with Crippen LogP contribution >= 0.6 is 0 Å². The molecule has 2 heterocycles. The standard InChI is InChI=1S/C20H29N3O2/c1-5-24-18-8-6-7-16(11-18)12-21-13-17-9-10-25-20(17)19-14(2)22-23(4)15(19)3/h6-8,11,17,20-21H,5,9-10,12-13H2,1-4H3/t17-,20+/m0/s1. The Hall–Kier alpha value is -1.85. The van der Waals surface area contributed by atoms with Gasteiger partial charge in [0.25, 0.3) is 0 Å². The summed E-state index contributed by atoms with van der Waals surface area (Å²) in [5.74, 6) is 1.42. The van der Waals surface area contributed by atoms with Crippen LogP contribution in [0.2, 0.25) is 0 Å². The maximum absolute atomic E-state index is 6.07. The summed E-state index contributed by atoms with van der Waals surface area (Å²) in [6.45, 7) is 9.51. The largest absolute Gasteiger partial charge is 0.494 e. The summed E-state index contributed by atoms with van der Waals surface area (Å²) in [4.78, 5) is 0. The fraction of sp³-hybridized carbons (Fsp3) is 0.550. The van der Waals surface area contributed by atoms with Gasteiger partial charge in [0.2, 0.25) is 0 Å². The van der Waals surface area contributed by atoms with E-state index in [1.165, 1.54) is 16.8 Å². The number of ether oxygens (including phenoxy) is 2. The minimum absolute atomic E-state index is 0.149. The van der Waals surface area contributed by atoms with E-state index < -0.39 is 0 Å². The number of aromatic nitrogens is 2. The monoisotopic (exact) mass is 343 g/mol. The van der Waals surface area contributed by atoms with E-state index in [1.54, 1.807) is 0 Å². The number of nitrogens with zero attached hydrogens (tertiary/aromatic N) is 2. The van der Waals surface area contributed by atoms with E-state index in [-0.39, 0.29) is 6.10 Å². The third-order valence-corrected chi connectivity index (χ3v) is 5.01. The summed E-state index contributed by atoms with van der Waals surface area (Å²) in [5.41, 5.74) is 4.81. The van der Waals surface area contributed by atoms with E-state index in [0.29, 0.717) is 12.5 Å². The van der Waals surface area contributed by atoms with Crippen molar-refractivity contribution in [2.45, 2.75) is 39.8 Å². The van der Waals surface area contributed by atoms with Crippen molar-refractivity contribution in [1.82, 2.24) is 15.1 Å². The van der Waals surface area contributed by atoms with Crippen molar-refractivity contribution in [1.29, 1.82) is 0 Å². The molecule has 1 aliphatic heterocycles. The Labute approximate surface area is 150 Å². The molecule has 1 fully saturated rings. The fourth-order valence-corrected chi connectivity index (χ4v) is 3.68. The van der Waals surface area contributed by atoms with Crippen LogP contribution in [0.25, 0.3) is 0 Å². The van der Waals surface area contributed by atoms with Crippen molar-refractivity contribution in [2.75, 3.05) is 19.8 Å². The molecular weight excluding hydrogens is 314 g/mol. The van der Waals surface area contributed by atoms with Gasteiger partial charge in [-0.15, -0.1) is 0 Å². The van der Waals surface area contributed by atoms with Crippen LogP contribution < -0.4 is 10.1 Å². The zero-order chi connectivity index (χ0) is 17.8. The second-order valence-electron chi connectivity index (χ2n) is 6.76. The van der Waals surface area contributed by atoms with E-state index in [4.69, 9.17) is 9.47 Å². The fourth-order valence-electron chi connectivity index (χ4n) is 3.68. The Morgan fingerprint density at radius 2 is 2.20 bits per heavy atom. The Morgan fingerprint density at radius 1 is 1.36 bits per heavy atom. The maximum Gasteiger partial charge on any atom is 0.119 e. The molecule has 0 saturated carbocycles. The molecule has 3 rings (SSSR count). The van der Waals surface area contributed by atoms with E-state index in [1.807, 2.05) is 30.8 Å². The molecule has 0 unspecified atom stereocenters. The third-order valence-electron chi connectivity index (χ3n) is 5.01. The number of benzene rings is 1. The normalized spacial score (nSPS) is 20.2. The molecular formula is C20H29N3O2. The molecule has 1 aliphatic rings. The van der Waals surface area contributed by atoms with Crippen molar-refractivity contribution >= 4 is 0 Å². The van der Waals surface area contributed by atoms with Crippen LogP contribution in [0, 0.1) is 19.8 Å². The number of nitrogens with one attached hydrogen (secondary N) is 1. The molecule has 1 saturated heterocycles. The van der Waals surface area contributed by atoms with Crippen LogP contribution in [-0.2, 0) is 18.3 Å². The number of hydrogen-bond donors (Lipinski definition) is 1. The first-order valence-corrected chi connectivity index (χ1v) is 9.14. The highest BCUT2D eigenvalue weighted by Gasteiger charge is 2.33. The van der Waals surface area contributed by atoms with Gasteiger partial charge in [0.1, 0.15) is 5.75 Å². The topological polar surface area (TPSA) is 48.3 Å². The average molecular weight is 343 g/mol. The first-order valence-electron chi connectivity index (χ1n) is 9.14. The van der Waals surface area contributed by atoms with Crippen molar-refractivity contribution in [3.63, 3.8) is 0 Å². The van der Waals surface area contributed by atoms with Crippen molar-refractivity contribution in [2.24, 2.45) is 13.0 Å². The Balaban J connectivity index is 1.60. The zero-order valence-corrected chi connectivity index (χ0v) is 15.7. The Bertz CT molecular complexity index is 711. The molecule has 0 amide bonds. The first-order chi connectivity index (χ1) is 12.1. The van der Waals surface area contributed by atoms with Crippen LogP contribution in [-0.4, -0.2) is 29.5 Å². The van der Waals surface area contributed by atoms with Gasteiger partial charge in [-0.1, -0.05) is 12.1 Å². The van der Waals surface area contributed by atoms with Gasteiger partial charge < -0.3 is 14.8 Å². The second kappa shape index (κ2) is 8.02. The second-order valence-corrected chi connectivity index (χ2v) is 6.76. The lowest BCUT2D eigenvalue weighted by atomic mass is 9.94. The molecule has 25 heavy (non-hydrogen) atoms. The van der Waals surface area contributed by atoms with Gasteiger partial charge in [0.05, 0.1) is 18.4 Å². The van der Waals surface area contributed by atoms with Gasteiger partial charge in [-0.25, -0.2) is 0 Å². The average Bonchev–Trinajstić information content (AvgIpc) is 3.13. The van der Waals surface area contributed by atoms with Crippen molar-refractivity contribution in [3.05, 3.63) is 46.8 Å². The Kier molecular flexibility index (Phi) is 5.76. The molecule has 0 aliphatic carbocycles. The van der Waals surface area contributed by atoms with Crippen LogP contribution in [0.1, 0.15) is 42.0 Å². The number of rotatable bonds is 7. The van der Waals surface area contributed by atoms with E-state index in [2.05, 4.69) is 36.4 Å². The lowest BCUT2D eigenvalue weighted by molar-refractivity contribution is 0.0893. The summed E-state index contributed by atoms with van der Waals surface area (Å²) in [5, 5.41) is 8.14. The molecule has 1 aromatic heterocycles. The molecule has 5 nitrogen and oxygen atoms in total. The summed E-state index contributed by atoms with van der Waals surface area (Å²) in [6, 6.07) is 8.29. The Morgan fingerprint density at radius 3 is 2.92 bits per heavy atom. The summed E-state index contributed by atoms with van der Waals surface area (Å²) in [6.07, 6.45) is 1.24. The van der Waals surface area contributed by atoms with Gasteiger partial charge in [-0.2, -0.15) is 5.10 Å². The maximum atomic E-state index is 6.07. The van der Waals surface area contributed by atoms with E-state index >= 15 is 0 Å². The molecule has 0 radical (unpaired) electrons. The first kappa shape index (κ1) is 18.0. The highest BCUT2D eigenvalue weighted by Crippen LogP contribution is 2.37. The van der Waals surface area contributed by atoms with Crippen molar-refractivity contribution in [3.8, 4) is 5.75 Å². The molecule has 0 spiro atoms. The number of hydrogen-bond acceptors (Lipinski definition) is 4. The number of aryl methyl sites for hydroxylation is 2. The van der Waals surface area contributed by atoms with Gasteiger partial charge in [-0.05, 0) is 44.9 Å². The summed E-state index contributed by atoms with van der Waals surface area (Å²) in [7, 11) is 2.00. The van der Waals surface area contributed by atoms with Gasteiger partial charge in [0, 0.05) is 43.9 Å². The molecule has 2 atom stereocenters. The smallest absolute Gasteiger partial charge is 0.119 e. The van der Waals surface area contributed by atoms with Crippen LogP contribution in [0.15, 0.2) is 24.3 Å². The molecule has 0 bridgehead atoms. The van der Waals surface area contributed by atoms with E-state index in [9.17, 15) is 0 Å². The lowest BCUT2D eigenvalue weighted by Gasteiger charge is -2.20. The van der Waals surface area contributed by atoms with E-state index in [0.717, 1.165) is 37.6 Å². The van der Waals surface area contributed by atoms with Gasteiger partial charge in [-0.3, -0.25) is 4.68 Å². The molecule has 2 aromatic rings. The van der Waals surface area contributed by atoms with Crippen molar-refractivity contribution < 1.29 is 9.47 Å². The third kappa shape index (κ3) is 4.05. The molecule has 5 heteroatoms. The van der Waals surface area contributed by atoms with Crippen LogP contribution in [0.5, 0.6) is 5.75 Å². The summed E-state index contributed by atoms with van der Waals surface area (Å²) >= 11 is 0. The van der Waals surface area contributed by atoms with Gasteiger partial charge >= 0.3 is 0 Å². The minimum Gasteiger partial charge on any atom is -0.494 e. The minimum atomic E-state index is 0.149. The lowest BCUT2D eigenvalue weighted by Crippen LogP contribution is -2.25. The molecule has 1 aromatic carbocycles. The van der Waals surface area contributed by atoms with Crippen LogP contribution in [0.4, 0.5) is 0 Å². The molecule has 136 valence electrons. The van der Waals surface area contributed by atoms with Crippen LogP contribution in [0.3, 0.4) is 0 Å². The SMILES string of the molecule is CCOc1cccc(CNC[C@@H]2CCO[C@H]2c2c(C)nn(C)c2C)c1.